The quantitative estimate of drug-likeness (QED) is 0.826. The number of halogens is 1. The first-order chi connectivity index (χ1) is 10.6. The minimum Gasteiger partial charge on any atom is -0.493 e. The highest BCUT2D eigenvalue weighted by atomic mass is 79.9. The molecule has 0 aliphatic carbocycles. The molecule has 22 heavy (non-hydrogen) atoms. The summed E-state index contributed by atoms with van der Waals surface area (Å²) in [6, 6.07) is 8.93. The van der Waals surface area contributed by atoms with Crippen LogP contribution in [0.3, 0.4) is 0 Å². The number of carbonyl (C=O) groups is 1. The van der Waals surface area contributed by atoms with Crippen molar-refractivity contribution in [3.63, 3.8) is 0 Å². The SMILES string of the molecule is COc1ccc(C=CC(=O)Nc2ccc(Br)cn2)cc1OC. The number of ether oxygens (including phenoxy) is 2. The van der Waals surface area contributed by atoms with Crippen molar-refractivity contribution in [2.75, 3.05) is 19.5 Å². The van der Waals surface area contributed by atoms with E-state index in [2.05, 4.69) is 26.2 Å². The third kappa shape index (κ3) is 4.33. The molecule has 0 atom stereocenters. The van der Waals surface area contributed by atoms with E-state index in [9.17, 15) is 4.79 Å². The summed E-state index contributed by atoms with van der Waals surface area (Å²) in [6.45, 7) is 0. The monoisotopic (exact) mass is 362 g/mol. The summed E-state index contributed by atoms with van der Waals surface area (Å²) in [7, 11) is 3.14. The molecule has 1 N–H and O–H groups in total. The van der Waals surface area contributed by atoms with E-state index in [1.807, 2.05) is 6.07 Å². The van der Waals surface area contributed by atoms with Crippen LogP contribution >= 0.6 is 15.9 Å². The van der Waals surface area contributed by atoms with E-state index in [0.717, 1.165) is 10.0 Å². The summed E-state index contributed by atoms with van der Waals surface area (Å²) in [5.41, 5.74) is 0.830. The lowest BCUT2D eigenvalue weighted by atomic mass is 10.2. The molecule has 0 fully saturated rings. The van der Waals surface area contributed by atoms with Gasteiger partial charge in [0.1, 0.15) is 5.82 Å². The van der Waals surface area contributed by atoms with Gasteiger partial charge >= 0.3 is 0 Å². The number of hydrogen-bond donors (Lipinski definition) is 1. The Morgan fingerprint density at radius 3 is 2.59 bits per heavy atom. The van der Waals surface area contributed by atoms with Crippen molar-refractivity contribution in [1.29, 1.82) is 0 Å². The molecule has 2 rings (SSSR count). The summed E-state index contributed by atoms with van der Waals surface area (Å²) in [4.78, 5) is 15.9. The number of rotatable bonds is 5. The topological polar surface area (TPSA) is 60.5 Å². The fourth-order valence-corrected chi connectivity index (χ4v) is 1.98. The Bertz CT molecular complexity index is 684. The molecule has 1 aromatic carbocycles. The van der Waals surface area contributed by atoms with Gasteiger partial charge in [0.15, 0.2) is 11.5 Å². The highest BCUT2D eigenvalue weighted by molar-refractivity contribution is 9.10. The molecule has 1 aromatic heterocycles. The molecular weight excluding hydrogens is 348 g/mol. The average Bonchev–Trinajstić information content (AvgIpc) is 2.54. The molecular formula is C16H15BrN2O3. The summed E-state index contributed by atoms with van der Waals surface area (Å²) >= 11 is 3.29. The fraction of sp³-hybridized carbons (Fsp3) is 0.125. The maximum absolute atomic E-state index is 11.8. The first kappa shape index (κ1) is 16.0. The van der Waals surface area contributed by atoms with E-state index in [1.165, 1.54) is 6.08 Å². The van der Waals surface area contributed by atoms with Crippen molar-refractivity contribution in [3.8, 4) is 11.5 Å². The van der Waals surface area contributed by atoms with Gasteiger partial charge in [0.2, 0.25) is 5.91 Å². The van der Waals surface area contributed by atoms with Crippen LogP contribution in [0.4, 0.5) is 5.82 Å². The normalized spacial score (nSPS) is 10.5. The lowest BCUT2D eigenvalue weighted by Crippen LogP contribution is -2.08. The molecule has 0 unspecified atom stereocenters. The number of methoxy groups -OCH3 is 2. The lowest BCUT2D eigenvalue weighted by Gasteiger charge is -2.07. The maximum atomic E-state index is 11.8. The van der Waals surface area contributed by atoms with Crippen molar-refractivity contribution in [2.45, 2.75) is 0 Å². The molecule has 0 bridgehead atoms. The smallest absolute Gasteiger partial charge is 0.249 e. The highest BCUT2D eigenvalue weighted by Crippen LogP contribution is 2.27. The standard InChI is InChI=1S/C16H15BrN2O3/c1-21-13-6-3-11(9-14(13)22-2)4-8-16(20)19-15-7-5-12(17)10-18-15/h3-10H,1-2H3,(H,18,19,20). The van der Waals surface area contributed by atoms with Crippen molar-refractivity contribution in [1.82, 2.24) is 4.98 Å². The van der Waals surface area contributed by atoms with E-state index < -0.39 is 0 Å². The van der Waals surface area contributed by atoms with Gasteiger partial charge in [-0.05, 0) is 51.8 Å². The molecule has 0 aliphatic rings. The summed E-state index contributed by atoms with van der Waals surface area (Å²) in [5, 5.41) is 2.68. The number of benzene rings is 1. The Hall–Kier alpha value is -2.34. The zero-order chi connectivity index (χ0) is 15.9. The van der Waals surface area contributed by atoms with Crippen LogP contribution in [-0.2, 0) is 4.79 Å². The van der Waals surface area contributed by atoms with Gasteiger partial charge in [-0.1, -0.05) is 6.07 Å². The van der Waals surface area contributed by atoms with Crippen molar-refractivity contribution >= 4 is 33.7 Å². The van der Waals surface area contributed by atoms with E-state index in [1.54, 1.807) is 50.8 Å². The summed E-state index contributed by atoms with van der Waals surface area (Å²) < 4.78 is 11.2. The van der Waals surface area contributed by atoms with Crippen LogP contribution < -0.4 is 14.8 Å². The second-order valence-electron chi connectivity index (χ2n) is 4.30. The van der Waals surface area contributed by atoms with E-state index in [-0.39, 0.29) is 5.91 Å². The van der Waals surface area contributed by atoms with Crippen LogP contribution in [0.1, 0.15) is 5.56 Å². The number of carbonyl (C=O) groups excluding carboxylic acids is 1. The number of anilines is 1. The van der Waals surface area contributed by atoms with Gasteiger partial charge < -0.3 is 14.8 Å². The van der Waals surface area contributed by atoms with Gasteiger partial charge in [-0.2, -0.15) is 0 Å². The van der Waals surface area contributed by atoms with E-state index in [4.69, 9.17) is 9.47 Å². The Balaban J connectivity index is 2.04. The molecule has 114 valence electrons. The predicted molar refractivity (Wildman–Crippen MR) is 89.1 cm³/mol. The molecule has 2 aromatic rings. The minimum absolute atomic E-state index is 0.260. The Labute approximate surface area is 137 Å². The molecule has 0 aliphatic heterocycles. The Morgan fingerprint density at radius 1 is 1.18 bits per heavy atom. The molecule has 1 amide bonds. The maximum Gasteiger partial charge on any atom is 0.249 e. The van der Waals surface area contributed by atoms with Crippen LogP contribution in [0.15, 0.2) is 47.1 Å². The average molecular weight is 363 g/mol. The van der Waals surface area contributed by atoms with Crippen molar-refractivity contribution in [3.05, 3.63) is 52.6 Å². The first-order valence-corrected chi connectivity index (χ1v) is 7.24. The predicted octanol–water partition coefficient (Wildman–Crippen LogP) is 3.51. The zero-order valence-electron chi connectivity index (χ0n) is 12.2. The number of nitrogens with zero attached hydrogens (tertiary/aromatic N) is 1. The van der Waals surface area contributed by atoms with Gasteiger partial charge in [0.25, 0.3) is 0 Å². The van der Waals surface area contributed by atoms with Gasteiger partial charge in [-0.15, -0.1) is 0 Å². The van der Waals surface area contributed by atoms with Crippen molar-refractivity contribution in [2.24, 2.45) is 0 Å². The van der Waals surface area contributed by atoms with Crippen LogP contribution in [0.5, 0.6) is 11.5 Å². The van der Waals surface area contributed by atoms with E-state index >= 15 is 0 Å². The van der Waals surface area contributed by atoms with Gasteiger partial charge in [-0.25, -0.2) is 4.98 Å². The Kier molecular flexibility index (Phi) is 5.55. The second-order valence-corrected chi connectivity index (χ2v) is 5.21. The molecule has 0 saturated heterocycles. The van der Waals surface area contributed by atoms with Gasteiger partial charge in [-0.3, -0.25) is 4.79 Å². The largest absolute Gasteiger partial charge is 0.493 e. The number of nitrogens with one attached hydrogen (secondary N) is 1. The Morgan fingerprint density at radius 2 is 1.95 bits per heavy atom. The molecule has 0 radical (unpaired) electrons. The lowest BCUT2D eigenvalue weighted by molar-refractivity contribution is -0.111. The third-order valence-corrected chi connectivity index (χ3v) is 3.28. The summed E-state index contributed by atoms with van der Waals surface area (Å²) in [6.07, 6.45) is 4.74. The van der Waals surface area contributed by atoms with Gasteiger partial charge in [0, 0.05) is 16.7 Å². The molecule has 0 spiro atoms. The van der Waals surface area contributed by atoms with Crippen molar-refractivity contribution < 1.29 is 14.3 Å². The molecule has 6 heteroatoms. The fourth-order valence-electron chi connectivity index (χ4n) is 1.75. The van der Waals surface area contributed by atoms with Gasteiger partial charge in [0.05, 0.1) is 14.2 Å². The number of pyridine rings is 1. The van der Waals surface area contributed by atoms with Crippen LogP contribution in [0, 0.1) is 0 Å². The number of hydrogen-bond acceptors (Lipinski definition) is 4. The molecule has 1 heterocycles. The highest BCUT2D eigenvalue weighted by Gasteiger charge is 2.03. The zero-order valence-corrected chi connectivity index (χ0v) is 13.8. The molecule has 0 saturated carbocycles. The van der Waals surface area contributed by atoms with E-state index in [0.29, 0.717) is 17.3 Å². The molecule has 5 nitrogen and oxygen atoms in total. The van der Waals surface area contributed by atoms with Crippen LogP contribution in [0.2, 0.25) is 0 Å². The summed E-state index contributed by atoms with van der Waals surface area (Å²) in [5.74, 6) is 1.48. The second kappa shape index (κ2) is 7.61. The van der Waals surface area contributed by atoms with Crippen LogP contribution in [-0.4, -0.2) is 25.1 Å². The first-order valence-electron chi connectivity index (χ1n) is 6.45. The third-order valence-electron chi connectivity index (χ3n) is 2.81. The number of aromatic nitrogens is 1. The minimum atomic E-state index is -0.260. The number of amides is 1. The van der Waals surface area contributed by atoms with Crippen LogP contribution in [0.25, 0.3) is 6.08 Å².